The van der Waals surface area contributed by atoms with Crippen LogP contribution in [0.4, 0.5) is 5.69 Å². The number of amides is 1. The predicted octanol–water partition coefficient (Wildman–Crippen LogP) is 4.40. The van der Waals surface area contributed by atoms with Gasteiger partial charge in [0, 0.05) is 12.3 Å². The molecule has 22 heavy (non-hydrogen) atoms. The third-order valence-corrected chi connectivity index (χ3v) is 3.80. The standard InChI is InChI=1S/C18H29NO3/c1-6-13-21-18(5,8-3)17(20)19-15-9-11-16(12-10-15)22-14(4)7-2/h9-12,14H,6-8,13H2,1-5H3,(H,19,20)/t14-,18-/m0/s1. The van der Waals surface area contributed by atoms with Crippen molar-refractivity contribution in [2.75, 3.05) is 11.9 Å². The average molecular weight is 307 g/mol. The van der Waals surface area contributed by atoms with E-state index in [-0.39, 0.29) is 12.0 Å². The number of rotatable bonds is 9. The summed E-state index contributed by atoms with van der Waals surface area (Å²) in [7, 11) is 0. The van der Waals surface area contributed by atoms with Crippen LogP contribution in [0.1, 0.15) is 53.9 Å². The van der Waals surface area contributed by atoms with Crippen molar-refractivity contribution in [1.82, 2.24) is 0 Å². The summed E-state index contributed by atoms with van der Waals surface area (Å²) in [5.74, 6) is 0.701. The van der Waals surface area contributed by atoms with Gasteiger partial charge in [-0.2, -0.15) is 0 Å². The van der Waals surface area contributed by atoms with Crippen LogP contribution in [0.3, 0.4) is 0 Å². The molecule has 1 aromatic carbocycles. The fourth-order valence-corrected chi connectivity index (χ4v) is 1.85. The van der Waals surface area contributed by atoms with Crippen molar-refractivity contribution in [3.63, 3.8) is 0 Å². The van der Waals surface area contributed by atoms with Crippen molar-refractivity contribution in [1.29, 1.82) is 0 Å². The normalized spacial score (nSPS) is 15.0. The maximum Gasteiger partial charge on any atom is 0.256 e. The molecule has 1 aromatic rings. The van der Waals surface area contributed by atoms with E-state index in [0.717, 1.165) is 24.3 Å². The van der Waals surface area contributed by atoms with E-state index >= 15 is 0 Å². The first-order valence-corrected chi connectivity index (χ1v) is 8.17. The molecule has 4 nitrogen and oxygen atoms in total. The molecule has 0 unspecified atom stereocenters. The van der Waals surface area contributed by atoms with Crippen molar-refractivity contribution >= 4 is 11.6 Å². The summed E-state index contributed by atoms with van der Waals surface area (Å²) in [6, 6.07) is 7.45. The molecule has 1 rings (SSSR count). The van der Waals surface area contributed by atoms with E-state index in [1.807, 2.05) is 52.0 Å². The Hall–Kier alpha value is -1.55. The molecule has 1 N–H and O–H groups in total. The van der Waals surface area contributed by atoms with Crippen LogP contribution in [-0.4, -0.2) is 24.2 Å². The van der Waals surface area contributed by atoms with Crippen molar-refractivity contribution in [3.05, 3.63) is 24.3 Å². The molecule has 0 fully saturated rings. The van der Waals surface area contributed by atoms with Crippen LogP contribution < -0.4 is 10.1 Å². The first kappa shape index (κ1) is 18.5. The molecule has 1 amide bonds. The zero-order chi connectivity index (χ0) is 16.6. The monoisotopic (exact) mass is 307 g/mol. The lowest BCUT2D eigenvalue weighted by Gasteiger charge is -2.27. The van der Waals surface area contributed by atoms with Crippen molar-refractivity contribution in [2.45, 2.75) is 65.6 Å². The fourth-order valence-electron chi connectivity index (χ4n) is 1.85. The van der Waals surface area contributed by atoms with Gasteiger partial charge in [-0.25, -0.2) is 0 Å². The zero-order valence-corrected chi connectivity index (χ0v) is 14.4. The lowest BCUT2D eigenvalue weighted by molar-refractivity contribution is -0.139. The van der Waals surface area contributed by atoms with E-state index in [1.54, 1.807) is 0 Å². The van der Waals surface area contributed by atoms with E-state index in [2.05, 4.69) is 12.2 Å². The number of hydrogen-bond acceptors (Lipinski definition) is 3. The Kier molecular flexibility index (Phi) is 7.39. The van der Waals surface area contributed by atoms with E-state index in [9.17, 15) is 4.79 Å². The van der Waals surface area contributed by atoms with E-state index in [4.69, 9.17) is 9.47 Å². The molecule has 124 valence electrons. The van der Waals surface area contributed by atoms with Gasteiger partial charge in [0.1, 0.15) is 11.4 Å². The summed E-state index contributed by atoms with van der Waals surface area (Å²) in [4.78, 5) is 12.4. The highest BCUT2D eigenvalue weighted by molar-refractivity contribution is 5.97. The summed E-state index contributed by atoms with van der Waals surface area (Å²) < 4.78 is 11.4. The van der Waals surface area contributed by atoms with Gasteiger partial charge >= 0.3 is 0 Å². The van der Waals surface area contributed by atoms with E-state index in [0.29, 0.717) is 13.0 Å². The number of carbonyl (C=O) groups is 1. The highest BCUT2D eigenvalue weighted by Crippen LogP contribution is 2.21. The predicted molar refractivity (Wildman–Crippen MR) is 90.4 cm³/mol. The highest BCUT2D eigenvalue weighted by Gasteiger charge is 2.32. The first-order valence-electron chi connectivity index (χ1n) is 8.17. The Bertz CT molecular complexity index is 458. The van der Waals surface area contributed by atoms with Gasteiger partial charge < -0.3 is 14.8 Å². The van der Waals surface area contributed by atoms with Crippen LogP contribution in [0.5, 0.6) is 5.75 Å². The maximum atomic E-state index is 12.4. The van der Waals surface area contributed by atoms with Crippen molar-refractivity contribution < 1.29 is 14.3 Å². The zero-order valence-electron chi connectivity index (χ0n) is 14.4. The van der Waals surface area contributed by atoms with Gasteiger partial charge in [0.05, 0.1) is 6.10 Å². The molecule has 0 aromatic heterocycles. The first-order chi connectivity index (χ1) is 10.4. The molecule has 4 heteroatoms. The van der Waals surface area contributed by atoms with Crippen LogP contribution in [0, 0.1) is 0 Å². The molecule has 0 radical (unpaired) electrons. The summed E-state index contributed by atoms with van der Waals surface area (Å²) in [5, 5.41) is 2.92. The second-order valence-corrected chi connectivity index (χ2v) is 5.75. The van der Waals surface area contributed by atoms with Gasteiger partial charge in [-0.05, 0) is 57.4 Å². The Labute approximate surface area is 134 Å². The Morgan fingerprint density at radius 3 is 2.36 bits per heavy atom. The topological polar surface area (TPSA) is 47.6 Å². The second kappa shape index (κ2) is 8.79. The smallest absolute Gasteiger partial charge is 0.256 e. The Balaban J connectivity index is 2.67. The van der Waals surface area contributed by atoms with Gasteiger partial charge in [-0.1, -0.05) is 20.8 Å². The molecular formula is C18H29NO3. The maximum absolute atomic E-state index is 12.4. The van der Waals surface area contributed by atoms with Crippen LogP contribution in [-0.2, 0) is 9.53 Å². The van der Waals surface area contributed by atoms with Gasteiger partial charge in [-0.15, -0.1) is 0 Å². The average Bonchev–Trinajstić information content (AvgIpc) is 2.54. The summed E-state index contributed by atoms with van der Waals surface area (Å²) in [5.41, 5.74) is -0.0386. The van der Waals surface area contributed by atoms with Crippen molar-refractivity contribution in [3.8, 4) is 5.75 Å². The van der Waals surface area contributed by atoms with Crippen molar-refractivity contribution in [2.24, 2.45) is 0 Å². The fraction of sp³-hybridized carbons (Fsp3) is 0.611. The molecule has 0 heterocycles. The number of ether oxygens (including phenoxy) is 2. The van der Waals surface area contributed by atoms with Crippen LogP contribution in [0.15, 0.2) is 24.3 Å². The van der Waals surface area contributed by atoms with Crippen LogP contribution >= 0.6 is 0 Å². The van der Waals surface area contributed by atoms with Crippen LogP contribution in [0.2, 0.25) is 0 Å². The SMILES string of the molecule is CCCO[C@@](C)(CC)C(=O)Nc1ccc(O[C@@H](C)CC)cc1. The second-order valence-electron chi connectivity index (χ2n) is 5.75. The summed E-state index contributed by atoms with van der Waals surface area (Å²) in [6.07, 6.45) is 2.67. The molecule has 0 saturated carbocycles. The van der Waals surface area contributed by atoms with Gasteiger partial charge in [0.25, 0.3) is 5.91 Å². The van der Waals surface area contributed by atoms with Gasteiger partial charge in [0.2, 0.25) is 0 Å². The minimum absolute atomic E-state index is 0.112. The minimum Gasteiger partial charge on any atom is -0.491 e. The molecular weight excluding hydrogens is 278 g/mol. The summed E-state index contributed by atoms with van der Waals surface area (Å²) >= 11 is 0. The van der Waals surface area contributed by atoms with Gasteiger partial charge in [-0.3, -0.25) is 4.79 Å². The number of hydrogen-bond donors (Lipinski definition) is 1. The number of nitrogens with one attached hydrogen (secondary N) is 1. The van der Waals surface area contributed by atoms with E-state index < -0.39 is 5.60 Å². The third kappa shape index (κ3) is 5.34. The molecule has 2 atom stereocenters. The number of carbonyl (C=O) groups excluding carboxylic acids is 1. The minimum atomic E-state index is -0.790. The third-order valence-electron chi connectivity index (χ3n) is 3.80. The Morgan fingerprint density at radius 1 is 1.23 bits per heavy atom. The molecule has 0 spiro atoms. The lowest BCUT2D eigenvalue weighted by atomic mass is 10.0. The van der Waals surface area contributed by atoms with Gasteiger partial charge in [0.15, 0.2) is 0 Å². The lowest BCUT2D eigenvalue weighted by Crippen LogP contribution is -2.42. The molecule has 0 saturated heterocycles. The van der Waals surface area contributed by atoms with E-state index in [1.165, 1.54) is 0 Å². The number of benzene rings is 1. The molecule has 0 aliphatic carbocycles. The molecule has 0 bridgehead atoms. The molecule has 0 aliphatic heterocycles. The molecule has 0 aliphatic rings. The highest BCUT2D eigenvalue weighted by atomic mass is 16.5. The number of anilines is 1. The Morgan fingerprint density at radius 2 is 1.86 bits per heavy atom. The van der Waals surface area contributed by atoms with Crippen LogP contribution in [0.25, 0.3) is 0 Å². The summed E-state index contributed by atoms with van der Waals surface area (Å²) in [6.45, 7) is 10.5. The largest absolute Gasteiger partial charge is 0.491 e. The quantitative estimate of drug-likeness (QED) is 0.735.